The number of rotatable bonds is 6. The molecule has 4 nitrogen and oxygen atoms in total. The molecule has 1 aromatic heterocycles. The second-order valence-corrected chi connectivity index (χ2v) is 8.12. The quantitative estimate of drug-likeness (QED) is 0.607. The van der Waals surface area contributed by atoms with Gasteiger partial charge in [-0.2, -0.15) is 0 Å². The Kier molecular flexibility index (Phi) is 6.13. The van der Waals surface area contributed by atoms with Crippen LogP contribution in [0, 0.1) is 0 Å². The number of hydrogen-bond acceptors (Lipinski definition) is 3. The van der Waals surface area contributed by atoms with E-state index in [1.165, 1.54) is 16.7 Å². The molecular weight excluding hydrogens is 358 g/mol. The number of carbonyl (C=O) groups excluding carboxylic acids is 1. The predicted molar refractivity (Wildman–Crippen MR) is 119 cm³/mol. The number of benzene rings is 2. The van der Waals surface area contributed by atoms with E-state index in [-0.39, 0.29) is 11.3 Å². The number of nitrogens with zero attached hydrogens (tertiary/aromatic N) is 1. The highest BCUT2D eigenvalue weighted by Gasteiger charge is 2.14. The molecule has 1 heterocycles. The van der Waals surface area contributed by atoms with Crippen LogP contribution in [-0.4, -0.2) is 10.9 Å². The fourth-order valence-corrected chi connectivity index (χ4v) is 2.98. The minimum absolute atomic E-state index is 0.0589. The Bertz CT molecular complexity index is 969. The second-order valence-electron chi connectivity index (χ2n) is 8.12. The molecule has 2 N–H and O–H groups in total. The zero-order valence-corrected chi connectivity index (χ0v) is 17.2. The van der Waals surface area contributed by atoms with E-state index in [0.29, 0.717) is 11.4 Å². The number of amides is 1. The van der Waals surface area contributed by atoms with E-state index >= 15 is 0 Å². The third-order valence-corrected chi connectivity index (χ3v) is 4.66. The molecule has 0 unspecified atom stereocenters. The Morgan fingerprint density at radius 2 is 1.66 bits per heavy atom. The van der Waals surface area contributed by atoms with Gasteiger partial charge in [-0.05, 0) is 58.9 Å². The first kappa shape index (κ1) is 20.3. The van der Waals surface area contributed by atoms with E-state index in [2.05, 4.69) is 61.2 Å². The number of hydrogen-bond donors (Lipinski definition) is 2. The Morgan fingerprint density at radius 1 is 0.966 bits per heavy atom. The summed E-state index contributed by atoms with van der Waals surface area (Å²) in [4.78, 5) is 16.6. The number of aromatic nitrogens is 1. The zero-order chi connectivity index (χ0) is 20.9. The minimum Gasteiger partial charge on any atom is -0.342 e. The van der Waals surface area contributed by atoms with Crippen LogP contribution in [-0.2, 0) is 11.8 Å². The van der Waals surface area contributed by atoms with Gasteiger partial charge >= 0.3 is 0 Å². The molecule has 4 heteroatoms. The van der Waals surface area contributed by atoms with E-state index in [4.69, 9.17) is 0 Å². The van der Waals surface area contributed by atoms with Gasteiger partial charge < -0.3 is 10.6 Å². The average molecular weight is 386 g/mol. The summed E-state index contributed by atoms with van der Waals surface area (Å²) in [6.45, 7) is 10.4. The Hall–Kier alpha value is -3.40. The molecule has 29 heavy (non-hydrogen) atoms. The molecule has 0 spiro atoms. The molecule has 0 fully saturated rings. The van der Waals surface area contributed by atoms with Crippen molar-refractivity contribution >= 4 is 11.6 Å². The summed E-state index contributed by atoms with van der Waals surface area (Å²) in [6.07, 6.45) is 4.48. The maximum absolute atomic E-state index is 12.4. The van der Waals surface area contributed by atoms with Crippen molar-refractivity contribution in [3.05, 3.63) is 108 Å². The van der Waals surface area contributed by atoms with Crippen molar-refractivity contribution < 1.29 is 4.79 Å². The molecule has 3 aromatic rings. The maximum atomic E-state index is 12.4. The summed E-state index contributed by atoms with van der Waals surface area (Å²) in [5.74, 6) is 0.256. The van der Waals surface area contributed by atoms with Gasteiger partial charge in [0.1, 0.15) is 5.82 Å². The van der Waals surface area contributed by atoms with Gasteiger partial charge in [0.05, 0.1) is 0 Å². The van der Waals surface area contributed by atoms with E-state index in [1.807, 2.05) is 48.7 Å². The lowest BCUT2D eigenvalue weighted by Crippen LogP contribution is -2.26. The van der Waals surface area contributed by atoms with Crippen LogP contribution in [0.15, 0.2) is 85.5 Å². The summed E-state index contributed by atoms with van der Waals surface area (Å²) in [5, 5.41) is 5.94. The second kappa shape index (κ2) is 8.74. The molecule has 0 saturated carbocycles. The fourth-order valence-electron chi connectivity index (χ4n) is 2.98. The summed E-state index contributed by atoms with van der Waals surface area (Å²) in [7, 11) is 0. The lowest BCUT2D eigenvalue weighted by atomic mass is 9.87. The van der Waals surface area contributed by atoms with Gasteiger partial charge in [0.15, 0.2) is 0 Å². The average Bonchev–Trinajstić information content (AvgIpc) is 2.69. The van der Waals surface area contributed by atoms with Crippen molar-refractivity contribution in [1.82, 2.24) is 10.3 Å². The topological polar surface area (TPSA) is 54.0 Å². The van der Waals surface area contributed by atoms with Gasteiger partial charge in [0, 0.05) is 23.6 Å². The van der Waals surface area contributed by atoms with Gasteiger partial charge in [-0.25, -0.2) is 0 Å². The van der Waals surface area contributed by atoms with E-state index in [0.717, 1.165) is 12.1 Å². The highest BCUT2D eigenvalue weighted by Crippen LogP contribution is 2.22. The predicted octanol–water partition coefficient (Wildman–Crippen LogP) is 5.28. The van der Waals surface area contributed by atoms with Crippen LogP contribution in [0.25, 0.3) is 0 Å². The molecule has 0 saturated heterocycles. The molecule has 2 aromatic carbocycles. The lowest BCUT2D eigenvalue weighted by Gasteiger charge is -2.19. The fraction of sp³-hybridized carbons (Fsp3) is 0.200. The van der Waals surface area contributed by atoms with Crippen LogP contribution in [0.5, 0.6) is 0 Å². The largest absolute Gasteiger partial charge is 0.342 e. The van der Waals surface area contributed by atoms with Crippen LogP contribution in [0.4, 0.5) is 5.69 Å². The van der Waals surface area contributed by atoms with Crippen molar-refractivity contribution in [2.45, 2.75) is 32.6 Å². The molecule has 148 valence electrons. The molecule has 1 amide bonds. The molecule has 0 radical (unpaired) electrons. The van der Waals surface area contributed by atoms with Crippen molar-refractivity contribution in [3.8, 4) is 0 Å². The van der Waals surface area contributed by atoms with Crippen molar-refractivity contribution in [3.63, 3.8) is 0 Å². The lowest BCUT2D eigenvalue weighted by molar-refractivity contribution is 0.0966. The highest BCUT2D eigenvalue weighted by atomic mass is 16.1. The molecule has 0 bridgehead atoms. The van der Waals surface area contributed by atoms with Crippen LogP contribution >= 0.6 is 0 Å². The van der Waals surface area contributed by atoms with E-state index in [9.17, 15) is 4.79 Å². The third kappa shape index (κ3) is 5.79. The van der Waals surface area contributed by atoms with Gasteiger partial charge in [-0.3, -0.25) is 9.78 Å². The molecule has 0 atom stereocenters. The Morgan fingerprint density at radius 3 is 2.24 bits per heavy atom. The molecule has 0 aliphatic heterocycles. The Labute approximate surface area is 172 Å². The van der Waals surface area contributed by atoms with Gasteiger partial charge in [0.2, 0.25) is 0 Å². The summed E-state index contributed by atoms with van der Waals surface area (Å²) < 4.78 is 0. The zero-order valence-electron chi connectivity index (χ0n) is 17.2. The van der Waals surface area contributed by atoms with Crippen molar-refractivity contribution in [2.24, 2.45) is 0 Å². The minimum atomic E-state index is -0.184. The number of pyridine rings is 1. The van der Waals surface area contributed by atoms with E-state index < -0.39 is 0 Å². The first-order valence-electron chi connectivity index (χ1n) is 9.67. The third-order valence-electron chi connectivity index (χ3n) is 4.66. The van der Waals surface area contributed by atoms with Crippen LogP contribution in [0.2, 0.25) is 0 Å². The number of anilines is 1. The molecular formula is C25H27N3O. The number of carbonyl (C=O) groups is 1. The standard InChI is InChI=1S/C25H27N3O/c1-18(28-24(29)21-9-11-22(12-10-21)25(2,3)4)27-23-13-7-19(8-14-23)16-20-6-5-15-26-17-20/h5-15,17,27H,1,16H2,2-4H3,(H,28,29). The first-order valence-corrected chi connectivity index (χ1v) is 9.67. The maximum Gasteiger partial charge on any atom is 0.256 e. The van der Waals surface area contributed by atoms with Crippen molar-refractivity contribution in [2.75, 3.05) is 5.32 Å². The van der Waals surface area contributed by atoms with Crippen LogP contribution in [0.3, 0.4) is 0 Å². The normalized spacial score (nSPS) is 11.0. The van der Waals surface area contributed by atoms with Crippen LogP contribution in [0.1, 0.15) is 47.8 Å². The summed E-state index contributed by atoms with van der Waals surface area (Å²) in [6, 6.07) is 19.7. The SMILES string of the molecule is C=C(NC(=O)c1ccc(C(C)(C)C)cc1)Nc1ccc(Cc2cccnc2)cc1. The first-order chi connectivity index (χ1) is 13.8. The molecule has 3 rings (SSSR count). The van der Waals surface area contributed by atoms with Gasteiger partial charge in [-0.15, -0.1) is 0 Å². The molecule has 0 aliphatic carbocycles. The molecule has 0 aliphatic rings. The smallest absolute Gasteiger partial charge is 0.256 e. The van der Waals surface area contributed by atoms with Gasteiger partial charge in [0.25, 0.3) is 5.91 Å². The highest BCUT2D eigenvalue weighted by molar-refractivity contribution is 5.95. The summed E-state index contributed by atoms with van der Waals surface area (Å²) in [5.41, 5.74) is 5.08. The monoisotopic (exact) mass is 385 g/mol. The summed E-state index contributed by atoms with van der Waals surface area (Å²) >= 11 is 0. The van der Waals surface area contributed by atoms with Crippen molar-refractivity contribution in [1.29, 1.82) is 0 Å². The number of nitrogens with one attached hydrogen (secondary N) is 2. The van der Waals surface area contributed by atoms with Crippen LogP contribution < -0.4 is 10.6 Å². The van der Waals surface area contributed by atoms with E-state index in [1.54, 1.807) is 6.20 Å². The Balaban J connectivity index is 1.55. The van der Waals surface area contributed by atoms with Gasteiger partial charge in [-0.1, -0.05) is 57.7 Å².